The molecule has 0 unspecified atom stereocenters. The summed E-state index contributed by atoms with van der Waals surface area (Å²) in [4.78, 5) is 14.8. The van der Waals surface area contributed by atoms with E-state index in [1.807, 2.05) is 24.0 Å². The predicted octanol–water partition coefficient (Wildman–Crippen LogP) is 1.21. The molecule has 4 heterocycles. The number of fused-ring (bicyclic) bond motifs is 5. The summed E-state index contributed by atoms with van der Waals surface area (Å²) in [5.41, 5.74) is 1.15. The fraction of sp³-hybridized carbons (Fsp3) is 0.733. The lowest BCUT2D eigenvalue weighted by molar-refractivity contribution is -0.133. The number of hydrogen-bond donors (Lipinski definition) is 1. The van der Waals surface area contributed by atoms with E-state index in [9.17, 15) is 4.79 Å². The molecule has 3 saturated heterocycles. The summed E-state index contributed by atoms with van der Waals surface area (Å²) in [6.45, 7) is 4.94. The van der Waals surface area contributed by atoms with E-state index >= 15 is 0 Å². The van der Waals surface area contributed by atoms with Gasteiger partial charge < -0.3 is 10.2 Å². The molecular weight excluding hydrogens is 288 g/mol. The van der Waals surface area contributed by atoms with Gasteiger partial charge in [-0.2, -0.15) is 5.10 Å². The largest absolute Gasteiger partial charge is 0.336 e. The maximum atomic E-state index is 12.6. The highest BCUT2D eigenvalue weighted by Gasteiger charge is 2.55. The SMILES string of the molecule is Cc1cnn(CCC(=O)N2[C@@H]3CC[C@H]2[C@H]2CNC[C@H]23)c1.Cl. The number of aryl methyl sites for hydroxylation is 2. The molecule has 1 amide bonds. The first-order chi connectivity index (χ1) is 9.74. The van der Waals surface area contributed by atoms with Crippen LogP contribution in [0.25, 0.3) is 0 Å². The molecule has 1 N–H and O–H groups in total. The number of rotatable bonds is 3. The lowest BCUT2D eigenvalue weighted by Crippen LogP contribution is -2.39. The van der Waals surface area contributed by atoms with Gasteiger partial charge >= 0.3 is 0 Å². The minimum atomic E-state index is 0. The van der Waals surface area contributed by atoms with Crippen LogP contribution in [0.1, 0.15) is 24.8 Å². The second-order valence-electron chi connectivity index (χ2n) is 6.53. The van der Waals surface area contributed by atoms with Gasteiger partial charge in [-0.05, 0) is 37.2 Å². The third-order valence-electron chi connectivity index (χ3n) is 5.38. The van der Waals surface area contributed by atoms with Gasteiger partial charge in [0.05, 0.1) is 6.20 Å². The fourth-order valence-electron chi connectivity index (χ4n) is 4.57. The molecule has 116 valence electrons. The zero-order valence-corrected chi connectivity index (χ0v) is 13.2. The van der Waals surface area contributed by atoms with Gasteiger partial charge in [0, 0.05) is 44.3 Å². The molecule has 0 saturated carbocycles. The number of halogens is 1. The molecule has 0 radical (unpaired) electrons. The molecule has 1 aromatic rings. The van der Waals surface area contributed by atoms with Gasteiger partial charge in [-0.15, -0.1) is 12.4 Å². The minimum Gasteiger partial charge on any atom is -0.336 e. The third kappa shape index (κ3) is 2.36. The lowest BCUT2D eigenvalue weighted by atomic mass is 9.82. The zero-order valence-electron chi connectivity index (χ0n) is 12.4. The summed E-state index contributed by atoms with van der Waals surface area (Å²) in [6.07, 6.45) is 6.85. The fourth-order valence-corrected chi connectivity index (χ4v) is 4.57. The van der Waals surface area contributed by atoms with Crippen LogP contribution < -0.4 is 5.32 Å². The Balaban J connectivity index is 0.00000132. The zero-order chi connectivity index (χ0) is 13.7. The highest BCUT2D eigenvalue weighted by molar-refractivity contribution is 5.85. The number of aromatic nitrogens is 2. The van der Waals surface area contributed by atoms with Crippen LogP contribution in [-0.4, -0.2) is 45.8 Å². The normalized spacial score (nSPS) is 33.1. The maximum absolute atomic E-state index is 12.6. The summed E-state index contributed by atoms with van der Waals surface area (Å²) in [5, 5.41) is 7.75. The summed E-state index contributed by atoms with van der Waals surface area (Å²) < 4.78 is 1.88. The minimum absolute atomic E-state index is 0. The Morgan fingerprint density at radius 3 is 2.57 bits per heavy atom. The molecule has 2 bridgehead atoms. The Bertz CT molecular complexity index is 513. The summed E-state index contributed by atoms with van der Waals surface area (Å²) in [5.74, 6) is 1.76. The average Bonchev–Trinajstić information content (AvgIpc) is 3.17. The highest BCUT2D eigenvalue weighted by Crippen LogP contribution is 2.47. The Kier molecular flexibility index (Phi) is 3.97. The lowest BCUT2D eigenvalue weighted by Gasteiger charge is -2.24. The van der Waals surface area contributed by atoms with Crippen molar-refractivity contribution in [1.82, 2.24) is 20.0 Å². The van der Waals surface area contributed by atoms with Crippen LogP contribution in [0, 0.1) is 18.8 Å². The van der Waals surface area contributed by atoms with E-state index in [0.717, 1.165) is 18.7 Å². The molecule has 6 heteroatoms. The Hall–Kier alpha value is -1.07. The van der Waals surface area contributed by atoms with Crippen LogP contribution in [0.5, 0.6) is 0 Å². The molecule has 4 rings (SSSR count). The number of hydrogen-bond acceptors (Lipinski definition) is 3. The smallest absolute Gasteiger partial charge is 0.224 e. The number of amides is 1. The predicted molar refractivity (Wildman–Crippen MR) is 82.3 cm³/mol. The molecule has 0 aliphatic carbocycles. The van der Waals surface area contributed by atoms with Crippen molar-refractivity contribution < 1.29 is 4.79 Å². The van der Waals surface area contributed by atoms with E-state index in [-0.39, 0.29) is 12.4 Å². The molecule has 0 aromatic carbocycles. The molecular formula is C15H23ClN4O. The van der Waals surface area contributed by atoms with E-state index in [0.29, 0.717) is 42.8 Å². The van der Waals surface area contributed by atoms with Crippen molar-refractivity contribution in [1.29, 1.82) is 0 Å². The van der Waals surface area contributed by atoms with E-state index in [1.165, 1.54) is 12.8 Å². The summed E-state index contributed by atoms with van der Waals surface area (Å²) in [6, 6.07) is 1.01. The van der Waals surface area contributed by atoms with E-state index in [1.54, 1.807) is 0 Å². The highest BCUT2D eigenvalue weighted by atomic mass is 35.5. The Morgan fingerprint density at radius 2 is 2.00 bits per heavy atom. The van der Waals surface area contributed by atoms with Gasteiger partial charge in [-0.25, -0.2) is 0 Å². The van der Waals surface area contributed by atoms with Gasteiger partial charge in [0.15, 0.2) is 0 Å². The van der Waals surface area contributed by atoms with Crippen molar-refractivity contribution in [2.45, 2.75) is 44.8 Å². The van der Waals surface area contributed by atoms with Crippen LogP contribution in [0.4, 0.5) is 0 Å². The number of carbonyl (C=O) groups is 1. The Morgan fingerprint density at radius 1 is 1.33 bits per heavy atom. The standard InChI is InChI=1S/C15H22N4O.ClH/c1-10-6-17-18(9-10)5-4-15(20)19-13-2-3-14(19)12-8-16-7-11(12)13;/h6,9,11-14,16H,2-5,7-8H2,1H3;1H/t11-,12+,13-,14+;. The molecule has 4 atom stereocenters. The quantitative estimate of drug-likeness (QED) is 0.913. The van der Waals surface area contributed by atoms with Crippen molar-refractivity contribution >= 4 is 18.3 Å². The van der Waals surface area contributed by atoms with Crippen molar-refractivity contribution in [2.75, 3.05) is 13.1 Å². The van der Waals surface area contributed by atoms with Crippen molar-refractivity contribution in [3.8, 4) is 0 Å². The van der Waals surface area contributed by atoms with Crippen LogP contribution in [-0.2, 0) is 11.3 Å². The van der Waals surface area contributed by atoms with Gasteiger partial charge in [0.2, 0.25) is 5.91 Å². The number of nitrogens with one attached hydrogen (secondary N) is 1. The summed E-state index contributed by atoms with van der Waals surface area (Å²) >= 11 is 0. The average molecular weight is 311 g/mol. The molecule has 3 aliphatic heterocycles. The van der Waals surface area contributed by atoms with Gasteiger partial charge in [0.25, 0.3) is 0 Å². The van der Waals surface area contributed by atoms with Gasteiger partial charge in [-0.3, -0.25) is 9.48 Å². The number of nitrogens with zero attached hydrogens (tertiary/aromatic N) is 3. The molecule has 5 nitrogen and oxygen atoms in total. The van der Waals surface area contributed by atoms with Crippen LogP contribution in [0.3, 0.4) is 0 Å². The van der Waals surface area contributed by atoms with Crippen LogP contribution in [0.2, 0.25) is 0 Å². The van der Waals surface area contributed by atoms with Crippen molar-refractivity contribution in [2.24, 2.45) is 11.8 Å². The van der Waals surface area contributed by atoms with Gasteiger partial charge in [0.1, 0.15) is 0 Å². The maximum Gasteiger partial charge on any atom is 0.224 e. The molecule has 1 aromatic heterocycles. The van der Waals surface area contributed by atoms with Crippen LogP contribution in [0.15, 0.2) is 12.4 Å². The first kappa shape index (κ1) is 14.9. The second kappa shape index (κ2) is 5.61. The van der Waals surface area contributed by atoms with Gasteiger partial charge in [-0.1, -0.05) is 0 Å². The first-order valence-corrected chi connectivity index (χ1v) is 7.75. The Labute approximate surface area is 131 Å². The second-order valence-corrected chi connectivity index (χ2v) is 6.53. The van der Waals surface area contributed by atoms with E-state index in [4.69, 9.17) is 0 Å². The molecule has 0 spiro atoms. The monoisotopic (exact) mass is 310 g/mol. The number of carbonyl (C=O) groups excluding carboxylic acids is 1. The first-order valence-electron chi connectivity index (χ1n) is 7.75. The van der Waals surface area contributed by atoms with Crippen molar-refractivity contribution in [3.63, 3.8) is 0 Å². The third-order valence-corrected chi connectivity index (χ3v) is 5.38. The van der Waals surface area contributed by atoms with E-state index < -0.39 is 0 Å². The molecule has 3 fully saturated rings. The topological polar surface area (TPSA) is 50.2 Å². The molecule has 21 heavy (non-hydrogen) atoms. The van der Waals surface area contributed by atoms with E-state index in [2.05, 4.69) is 15.3 Å². The van der Waals surface area contributed by atoms with Crippen LogP contribution >= 0.6 is 12.4 Å². The molecule has 3 aliphatic rings. The summed E-state index contributed by atoms with van der Waals surface area (Å²) in [7, 11) is 0. The van der Waals surface area contributed by atoms with Crippen molar-refractivity contribution in [3.05, 3.63) is 18.0 Å².